The highest BCUT2D eigenvalue weighted by Crippen LogP contribution is 2.51. The Bertz CT molecular complexity index is 325. The van der Waals surface area contributed by atoms with Gasteiger partial charge in [-0.2, -0.15) is 0 Å². The third kappa shape index (κ3) is 4.31. The van der Waals surface area contributed by atoms with Gasteiger partial charge in [0.25, 0.3) is 0 Å². The molecular weight excluding hydrogens is 230 g/mol. The van der Waals surface area contributed by atoms with Crippen molar-refractivity contribution in [2.75, 3.05) is 0 Å². The molecule has 1 saturated carbocycles. The van der Waals surface area contributed by atoms with Gasteiger partial charge in [0.1, 0.15) is 0 Å². The van der Waals surface area contributed by atoms with Gasteiger partial charge >= 0.3 is 5.97 Å². The van der Waals surface area contributed by atoms with Crippen LogP contribution in [0.15, 0.2) is 0 Å². The van der Waals surface area contributed by atoms with Crippen LogP contribution in [0.25, 0.3) is 0 Å². The van der Waals surface area contributed by atoms with Crippen LogP contribution < -0.4 is 5.32 Å². The van der Waals surface area contributed by atoms with Gasteiger partial charge in [0.15, 0.2) is 0 Å². The Morgan fingerprint density at radius 1 is 1.33 bits per heavy atom. The van der Waals surface area contributed by atoms with Gasteiger partial charge in [-0.05, 0) is 31.6 Å². The number of amides is 1. The van der Waals surface area contributed by atoms with Crippen LogP contribution in [-0.2, 0) is 9.59 Å². The summed E-state index contributed by atoms with van der Waals surface area (Å²) in [6.07, 6.45) is 3.32. The van der Waals surface area contributed by atoms with Crippen molar-refractivity contribution in [3.63, 3.8) is 0 Å². The topological polar surface area (TPSA) is 66.4 Å². The molecule has 0 aromatic carbocycles. The lowest BCUT2D eigenvalue weighted by Crippen LogP contribution is -2.34. The maximum absolute atomic E-state index is 11.8. The predicted molar refractivity (Wildman–Crippen MR) is 70.1 cm³/mol. The molecule has 0 saturated heterocycles. The van der Waals surface area contributed by atoms with E-state index >= 15 is 0 Å². The average molecular weight is 255 g/mol. The lowest BCUT2D eigenvalue weighted by Gasteiger charge is -2.15. The smallest absolute Gasteiger partial charge is 0.306 e. The summed E-state index contributed by atoms with van der Waals surface area (Å²) in [4.78, 5) is 22.5. The summed E-state index contributed by atoms with van der Waals surface area (Å²) in [5, 5.41) is 11.8. The summed E-state index contributed by atoms with van der Waals surface area (Å²) in [5.74, 6) is -0.724. The van der Waals surface area contributed by atoms with E-state index in [2.05, 4.69) is 19.2 Å². The second-order valence-corrected chi connectivity index (χ2v) is 6.33. The molecule has 1 rings (SSSR count). The predicted octanol–water partition coefficient (Wildman–Crippen LogP) is 2.43. The maximum Gasteiger partial charge on any atom is 0.306 e. The lowest BCUT2D eigenvalue weighted by molar-refractivity contribution is -0.141. The minimum Gasteiger partial charge on any atom is -0.481 e. The zero-order valence-corrected chi connectivity index (χ0v) is 11.8. The molecule has 1 amide bonds. The van der Waals surface area contributed by atoms with E-state index in [1.165, 1.54) is 0 Å². The van der Waals surface area contributed by atoms with Crippen LogP contribution in [-0.4, -0.2) is 23.0 Å². The monoisotopic (exact) mass is 255 g/mol. The highest BCUT2D eigenvalue weighted by Gasteiger charge is 2.50. The third-order valence-electron chi connectivity index (χ3n) is 3.91. The molecule has 1 fully saturated rings. The summed E-state index contributed by atoms with van der Waals surface area (Å²) in [7, 11) is 0. The number of hydrogen-bond acceptors (Lipinski definition) is 2. The van der Waals surface area contributed by atoms with Crippen molar-refractivity contribution in [2.45, 2.75) is 59.4 Å². The Morgan fingerprint density at radius 2 is 1.89 bits per heavy atom. The van der Waals surface area contributed by atoms with Gasteiger partial charge in [-0.15, -0.1) is 0 Å². The van der Waals surface area contributed by atoms with Crippen LogP contribution in [0.4, 0.5) is 0 Å². The Morgan fingerprint density at radius 3 is 2.33 bits per heavy atom. The lowest BCUT2D eigenvalue weighted by atomic mass is 10.0. The zero-order valence-electron chi connectivity index (χ0n) is 11.8. The Kier molecular flexibility index (Phi) is 4.77. The van der Waals surface area contributed by atoms with Crippen LogP contribution >= 0.6 is 0 Å². The van der Waals surface area contributed by atoms with E-state index < -0.39 is 5.97 Å². The Labute approximate surface area is 109 Å². The molecule has 0 aromatic heterocycles. The van der Waals surface area contributed by atoms with E-state index in [1.807, 2.05) is 6.92 Å². The van der Waals surface area contributed by atoms with Gasteiger partial charge in [-0.25, -0.2) is 0 Å². The first kappa shape index (κ1) is 15.0. The molecular formula is C14H25NO3. The van der Waals surface area contributed by atoms with E-state index in [0.717, 1.165) is 19.3 Å². The van der Waals surface area contributed by atoms with Crippen molar-refractivity contribution in [1.29, 1.82) is 0 Å². The average Bonchev–Trinajstić information content (AvgIpc) is 2.87. The molecule has 18 heavy (non-hydrogen) atoms. The fraction of sp³-hybridized carbons (Fsp3) is 0.857. The summed E-state index contributed by atoms with van der Waals surface area (Å²) in [6, 6.07) is 0.134. The van der Waals surface area contributed by atoms with Gasteiger partial charge in [0, 0.05) is 12.0 Å². The molecule has 4 nitrogen and oxygen atoms in total. The molecule has 0 spiro atoms. The number of rotatable bonds is 7. The molecule has 3 unspecified atom stereocenters. The summed E-state index contributed by atoms with van der Waals surface area (Å²) in [6.45, 7) is 7.92. The van der Waals surface area contributed by atoms with Crippen LogP contribution in [0, 0.1) is 17.3 Å². The van der Waals surface area contributed by atoms with E-state index in [1.54, 1.807) is 6.92 Å². The molecule has 3 atom stereocenters. The van der Waals surface area contributed by atoms with Crippen molar-refractivity contribution in [1.82, 2.24) is 5.32 Å². The number of carbonyl (C=O) groups is 2. The first-order valence-electron chi connectivity index (χ1n) is 6.77. The summed E-state index contributed by atoms with van der Waals surface area (Å²) < 4.78 is 0. The van der Waals surface area contributed by atoms with Crippen LogP contribution in [0.2, 0.25) is 0 Å². The molecule has 1 aliphatic rings. The fourth-order valence-corrected chi connectivity index (χ4v) is 2.18. The van der Waals surface area contributed by atoms with E-state index in [0.29, 0.717) is 6.42 Å². The largest absolute Gasteiger partial charge is 0.481 e. The van der Waals surface area contributed by atoms with Crippen molar-refractivity contribution in [3.8, 4) is 0 Å². The van der Waals surface area contributed by atoms with Crippen LogP contribution in [0.1, 0.15) is 53.4 Å². The number of carboxylic acids is 1. The van der Waals surface area contributed by atoms with E-state index in [-0.39, 0.29) is 29.2 Å². The Hall–Kier alpha value is -1.06. The van der Waals surface area contributed by atoms with Gasteiger partial charge in [-0.3, -0.25) is 9.59 Å². The van der Waals surface area contributed by atoms with Crippen molar-refractivity contribution in [3.05, 3.63) is 0 Å². The van der Waals surface area contributed by atoms with Crippen molar-refractivity contribution in [2.24, 2.45) is 17.3 Å². The van der Waals surface area contributed by atoms with Crippen molar-refractivity contribution < 1.29 is 14.7 Å². The highest BCUT2D eigenvalue weighted by atomic mass is 16.4. The number of aliphatic carboxylic acids is 1. The second-order valence-electron chi connectivity index (χ2n) is 6.33. The molecule has 2 N–H and O–H groups in total. The van der Waals surface area contributed by atoms with Crippen LogP contribution in [0.3, 0.4) is 0 Å². The van der Waals surface area contributed by atoms with Crippen molar-refractivity contribution >= 4 is 11.9 Å². The molecule has 1 aliphatic carbocycles. The zero-order chi connectivity index (χ0) is 13.9. The molecule has 4 heteroatoms. The summed E-state index contributed by atoms with van der Waals surface area (Å²) in [5.41, 5.74) is 0.168. The Balaban J connectivity index is 2.16. The SMILES string of the molecule is CC(CCCC(C)C(=O)O)NC(=O)C1CC1(C)C. The quantitative estimate of drug-likeness (QED) is 0.734. The van der Waals surface area contributed by atoms with Gasteiger partial charge in [-0.1, -0.05) is 27.2 Å². The molecule has 0 heterocycles. The molecule has 104 valence electrons. The molecule has 0 aromatic rings. The first-order valence-corrected chi connectivity index (χ1v) is 6.77. The molecule has 0 radical (unpaired) electrons. The number of carbonyl (C=O) groups excluding carboxylic acids is 1. The minimum absolute atomic E-state index is 0.134. The number of nitrogens with one attached hydrogen (secondary N) is 1. The number of hydrogen-bond donors (Lipinski definition) is 2. The van der Waals surface area contributed by atoms with E-state index in [9.17, 15) is 9.59 Å². The van der Waals surface area contributed by atoms with Gasteiger partial charge < -0.3 is 10.4 Å². The number of carboxylic acid groups (broad SMARTS) is 1. The fourth-order valence-electron chi connectivity index (χ4n) is 2.18. The molecule has 0 bridgehead atoms. The standard InChI is InChI=1S/C14H25NO3/c1-9(13(17)18)6-5-7-10(2)15-12(16)11-8-14(11,3)4/h9-11H,5-8H2,1-4H3,(H,15,16)(H,17,18). The normalized spacial score (nSPS) is 24.1. The third-order valence-corrected chi connectivity index (χ3v) is 3.91. The van der Waals surface area contributed by atoms with Gasteiger partial charge in [0.05, 0.1) is 5.92 Å². The second kappa shape index (κ2) is 5.72. The van der Waals surface area contributed by atoms with Crippen LogP contribution in [0.5, 0.6) is 0 Å². The maximum atomic E-state index is 11.8. The minimum atomic E-state index is -0.744. The highest BCUT2D eigenvalue weighted by molar-refractivity contribution is 5.82. The molecule has 0 aliphatic heterocycles. The van der Waals surface area contributed by atoms with Gasteiger partial charge in [0.2, 0.25) is 5.91 Å². The van der Waals surface area contributed by atoms with E-state index in [4.69, 9.17) is 5.11 Å². The summed E-state index contributed by atoms with van der Waals surface area (Å²) >= 11 is 0. The first-order chi connectivity index (χ1) is 8.24.